The second-order valence-electron chi connectivity index (χ2n) is 5.43. The van der Waals surface area contributed by atoms with E-state index in [1.165, 1.54) is 30.5 Å². The normalized spacial score (nSPS) is 11.2. The van der Waals surface area contributed by atoms with E-state index in [2.05, 4.69) is 13.5 Å². The first-order valence-corrected chi connectivity index (χ1v) is 9.21. The highest BCUT2D eigenvalue weighted by Gasteiger charge is 2.17. The van der Waals surface area contributed by atoms with Gasteiger partial charge in [-0.15, -0.1) is 0 Å². The molecule has 3 nitrogen and oxygen atoms in total. The number of aryl methyl sites for hydroxylation is 1. The van der Waals surface area contributed by atoms with Gasteiger partial charge in [0.15, 0.2) is 0 Å². The van der Waals surface area contributed by atoms with Crippen molar-refractivity contribution >= 4 is 15.9 Å². The molecule has 0 saturated heterocycles. The highest BCUT2D eigenvalue weighted by molar-refractivity contribution is 7.87. The minimum atomic E-state index is -3.83. The van der Waals surface area contributed by atoms with Crippen LogP contribution in [-0.4, -0.2) is 8.42 Å². The quantitative estimate of drug-likeness (QED) is 0.397. The van der Waals surface area contributed by atoms with Crippen molar-refractivity contribution in [2.24, 2.45) is 0 Å². The number of unbranched alkanes of at least 4 members (excludes halogenated alkanes) is 2. The molecule has 4 heteroatoms. The maximum absolute atomic E-state index is 12.2. The van der Waals surface area contributed by atoms with Gasteiger partial charge in [-0.2, -0.15) is 8.42 Å². The van der Waals surface area contributed by atoms with Gasteiger partial charge in [0, 0.05) is 5.56 Å². The average molecular weight is 330 g/mol. The zero-order valence-corrected chi connectivity index (χ0v) is 14.2. The highest BCUT2D eigenvalue weighted by Crippen LogP contribution is 2.22. The van der Waals surface area contributed by atoms with Gasteiger partial charge < -0.3 is 4.18 Å². The summed E-state index contributed by atoms with van der Waals surface area (Å²) in [5.41, 5.74) is 1.91. The van der Waals surface area contributed by atoms with E-state index in [4.69, 9.17) is 4.18 Å². The molecule has 2 aromatic carbocycles. The zero-order valence-electron chi connectivity index (χ0n) is 13.4. The zero-order chi connectivity index (χ0) is 16.7. The molecule has 0 unspecified atom stereocenters. The Morgan fingerprint density at radius 2 is 1.65 bits per heavy atom. The molecule has 0 spiro atoms. The summed E-state index contributed by atoms with van der Waals surface area (Å²) in [5.74, 6) is 0.133. The van der Waals surface area contributed by atoms with E-state index in [0.717, 1.165) is 12.8 Å². The van der Waals surface area contributed by atoms with Gasteiger partial charge in [0.25, 0.3) is 0 Å². The van der Waals surface area contributed by atoms with Gasteiger partial charge in [-0.25, -0.2) is 0 Å². The van der Waals surface area contributed by atoms with Gasteiger partial charge in [0.1, 0.15) is 10.7 Å². The predicted octanol–water partition coefficient (Wildman–Crippen LogP) is 4.80. The monoisotopic (exact) mass is 330 g/mol. The summed E-state index contributed by atoms with van der Waals surface area (Å²) in [6.45, 7) is 5.92. The fourth-order valence-corrected chi connectivity index (χ4v) is 3.20. The Bertz CT molecular complexity index is 732. The third-order valence-corrected chi connectivity index (χ3v) is 4.86. The average Bonchev–Trinajstić information content (AvgIpc) is 2.56. The topological polar surface area (TPSA) is 43.4 Å². The lowest BCUT2D eigenvalue weighted by Gasteiger charge is -2.10. The Kier molecular flexibility index (Phi) is 5.99. The molecule has 0 aliphatic rings. The summed E-state index contributed by atoms with van der Waals surface area (Å²) in [4.78, 5) is 0.123. The van der Waals surface area contributed by atoms with Crippen molar-refractivity contribution < 1.29 is 12.6 Å². The first-order chi connectivity index (χ1) is 11.0. The lowest BCUT2D eigenvalue weighted by molar-refractivity contribution is 0.464. The minimum absolute atomic E-state index is 0.123. The highest BCUT2D eigenvalue weighted by atomic mass is 32.2. The van der Waals surface area contributed by atoms with Crippen LogP contribution in [0.4, 0.5) is 0 Å². The van der Waals surface area contributed by atoms with Gasteiger partial charge in [0.2, 0.25) is 0 Å². The van der Waals surface area contributed by atoms with E-state index in [0.29, 0.717) is 5.56 Å². The van der Waals surface area contributed by atoms with E-state index in [-0.39, 0.29) is 10.7 Å². The van der Waals surface area contributed by atoms with Crippen LogP contribution in [0.15, 0.2) is 66.1 Å². The van der Waals surface area contributed by atoms with Crippen molar-refractivity contribution in [1.29, 1.82) is 0 Å². The first kappa shape index (κ1) is 17.3. The molecule has 0 aliphatic heterocycles. The standard InChI is InChI=1S/C19H22O3S/c1-3-4-6-9-17-12-14-18(15-13-17)16(2)22-23(20,21)19-10-7-5-8-11-19/h5,7-8,10-15H,2-4,6,9H2,1H3. The molecule has 0 aliphatic carbocycles. The van der Waals surface area contributed by atoms with Gasteiger partial charge in [-0.05, 0) is 30.5 Å². The lowest BCUT2D eigenvalue weighted by Crippen LogP contribution is -2.05. The molecular weight excluding hydrogens is 308 g/mol. The van der Waals surface area contributed by atoms with Gasteiger partial charge in [0.05, 0.1) is 0 Å². The van der Waals surface area contributed by atoms with Crippen molar-refractivity contribution in [3.63, 3.8) is 0 Å². The smallest absolute Gasteiger partial charge is 0.339 e. The predicted molar refractivity (Wildman–Crippen MR) is 93.4 cm³/mol. The van der Waals surface area contributed by atoms with E-state index < -0.39 is 10.1 Å². The molecule has 2 aromatic rings. The van der Waals surface area contributed by atoms with Crippen LogP contribution in [0, 0.1) is 0 Å². The molecule has 122 valence electrons. The van der Waals surface area contributed by atoms with Crippen LogP contribution in [0.3, 0.4) is 0 Å². The largest absolute Gasteiger partial charge is 0.379 e. The SMILES string of the molecule is C=C(OS(=O)(=O)c1ccccc1)c1ccc(CCCCC)cc1. The number of hydrogen-bond acceptors (Lipinski definition) is 3. The van der Waals surface area contributed by atoms with Gasteiger partial charge in [-0.3, -0.25) is 0 Å². The molecule has 0 N–H and O–H groups in total. The molecule has 0 bridgehead atoms. The van der Waals surface area contributed by atoms with E-state index >= 15 is 0 Å². The summed E-state index contributed by atoms with van der Waals surface area (Å²) in [7, 11) is -3.83. The van der Waals surface area contributed by atoms with Crippen molar-refractivity contribution in [3.8, 4) is 0 Å². The maximum Gasteiger partial charge on any atom is 0.339 e. The lowest BCUT2D eigenvalue weighted by atomic mass is 10.1. The first-order valence-electron chi connectivity index (χ1n) is 7.80. The van der Waals surface area contributed by atoms with E-state index in [9.17, 15) is 8.42 Å². The van der Waals surface area contributed by atoms with Crippen LogP contribution >= 0.6 is 0 Å². The molecule has 23 heavy (non-hydrogen) atoms. The molecule has 0 heterocycles. The number of hydrogen-bond donors (Lipinski definition) is 0. The Balaban J connectivity index is 2.03. The second-order valence-corrected chi connectivity index (χ2v) is 6.97. The summed E-state index contributed by atoms with van der Waals surface area (Å²) >= 11 is 0. The molecule has 0 atom stereocenters. The summed E-state index contributed by atoms with van der Waals surface area (Å²) in [5, 5.41) is 0. The Hall–Kier alpha value is -2.07. The molecule has 2 rings (SSSR count). The van der Waals surface area contributed by atoms with Crippen molar-refractivity contribution in [2.75, 3.05) is 0 Å². The molecule has 0 fully saturated rings. The summed E-state index contributed by atoms with van der Waals surface area (Å²) < 4.78 is 29.5. The van der Waals surface area contributed by atoms with Gasteiger partial charge >= 0.3 is 10.1 Å². The van der Waals surface area contributed by atoms with Crippen LogP contribution in [0.2, 0.25) is 0 Å². The minimum Gasteiger partial charge on any atom is -0.379 e. The third kappa shape index (κ3) is 4.96. The Labute approximate surface area is 138 Å². The Morgan fingerprint density at radius 3 is 2.26 bits per heavy atom. The fourth-order valence-electron chi connectivity index (χ4n) is 2.25. The van der Waals surface area contributed by atoms with Gasteiger partial charge in [-0.1, -0.05) is 68.8 Å². The van der Waals surface area contributed by atoms with E-state index in [1.54, 1.807) is 18.2 Å². The third-order valence-electron chi connectivity index (χ3n) is 3.59. The maximum atomic E-state index is 12.2. The molecule has 0 aromatic heterocycles. The van der Waals surface area contributed by atoms with E-state index in [1.807, 2.05) is 24.3 Å². The Morgan fingerprint density at radius 1 is 1.00 bits per heavy atom. The molecule has 0 saturated carbocycles. The van der Waals surface area contributed by atoms with Crippen molar-refractivity contribution in [2.45, 2.75) is 37.5 Å². The second kappa shape index (κ2) is 7.97. The molecular formula is C19H22O3S. The van der Waals surface area contributed by atoms with Crippen LogP contribution in [-0.2, 0) is 20.7 Å². The van der Waals surface area contributed by atoms with Crippen molar-refractivity contribution in [3.05, 3.63) is 72.3 Å². The molecule has 0 amide bonds. The number of benzene rings is 2. The molecule has 0 radical (unpaired) electrons. The fraction of sp³-hybridized carbons (Fsp3) is 0.263. The summed E-state index contributed by atoms with van der Waals surface area (Å²) in [6, 6.07) is 15.8. The van der Waals surface area contributed by atoms with Crippen LogP contribution in [0.25, 0.3) is 5.76 Å². The van der Waals surface area contributed by atoms with Crippen LogP contribution < -0.4 is 0 Å². The van der Waals surface area contributed by atoms with Crippen LogP contribution in [0.1, 0.15) is 37.3 Å². The van der Waals surface area contributed by atoms with Crippen LogP contribution in [0.5, 0.6) is 0 Å². The van der Waals surface area contributed by atoms with Crippen molar-refractivity contribution in [1.82, 2.24) is 0 Å². The number of rotatable bonds is 8. The summed E-state index contributed by atoms with van der Waals surface area (Å²) in [6.07, 6.45) is 4.60.